The zero-order valence-electron chi connectivity index (χ0n) is 9.07. The van der Waals surface area contributed by atoms with Crippen molar-refractivity contribution in [3.05, 3.63) is 21.7 Å². The lowest BCUT2D eigenvalue weighted by atomic mass is 10.0. The summed E-state index contributed by atoms with van der Waals surface area (Å²) in [5, 5.41) is 18.5. The summed E-state index contributed by atoms with van der Waals surface area (Å²) in [4.78, 5) is 10.8. The van der Waals surface area contributed by atoms with Gasteiger partial charge in [0.2, 0.25) is 0 Å². The molecule has 0 saturated heterocycles. The smallest absolute Gasteiger partial charge is 0.337 e. The third-order valence-electron chi connectivity index (χ3n) is 2.58. The first kappa shape index (κ1) is 12.2. The average Bonchev–Trinajstić information content (AvgIpc) is 2.28. The summed E-state index contributed by atoms with van der Waals surface area (Å²) >= 11 is 3.24. The van der Waals surface area contributed by atoms with Gasteiger partial charge in [-0.25, -0.2) is 4.79 Å². The van der Waals surface area contributed by atoms with Crippen LogP contribution < -0.4 is 9.47 Å². The molecule has 0 aromatic heterocycles. The van der Waals surface area contributed by atoms with E-state index < -0.39 is 12.1 Å². The predicted octanol–water partition coefficient (Wildman–Crippen LogP) is 1.65. The number of carboxylic acid groups (broad SMARTS) is 1. The predicted molar refractivity (Wildman–Crippen MR) is 62.5 cm³/mol. The Morgan fingerprint density at radius 2 is 2.12 bits per heavy atom. The van der Waals surface area contributed by atoms with Crippen LogP contribution in [0.3, 0.4) is 0 Å². The number of hydrogen-bond acceptors (Lipinski definition) is 4. The maximum atomic E-state index is 10.8. The minimum atomic E-state index is -1.58. The van der Waals surface area contributed by atoms with Crippen molar-refractivity contribution in [2.75, 3.05) is 13.2 Å². The van der Waals surface area contributed by atoms with Gasteiger partial charge in [0.1, 0.15) is 13.2 Å². The number of aliphatic hydroxyl groups excluding tert-OH is 1. The van der Waals surface area contributed by atoms with Crippen molar-refractivity contribution < 1.29 is 24.5 Å². The quantitative estimate of drug-likeness (QED) is 0.869. The number of ether oxygens (including phenoxy) is 2. The van der Waals surface area contributed by atoms with Gasteiger partial charge in [0.25, 0.3) is 0 Å². The SMILES string of the molecule is Cc1c2c(cc(Br)c1C(O)C(=O)O)OCCO2. The molecule has 1 aliphatic heterocycles. The van der Waals surface area contributed by atoms with Crippen LogP contribution in [-0.4, -0.2) is 29.4 Å². The van der Waals surface area contributed by atoms with Crippen molar-refractivity contribution in [3.63, 3.8) is 0 Å². The molecule has 17 heavy (non-hydrogen) atoms. The molecule has 1 heterocycles. The normalized spacial score (nSPS) is 15.5. The Labute approximate surface area is 106 Å². The molecule has 92 valence electrons. The Balaban J connectivity index is 2.57. The van der Waals surface area contributed by atoms with Crippen LogP contribution in [-0.2, 0) is 4.79 Å². The lowest BCUT2D eigenvalue weighted by Crippen LogP contribution is -2.19. The summed E-state index contributed by atoms with van der Waals surface area (Å²) in [6.45, 7) is 2.57. The van der Waals surface area contributed by atoms with Gasteiger partial charge >= 0.3 is 5.97 Å². The highest BCUT2D eigenvalue weighted by Gasteiger charge is 2.26. The molecule has 0 spiro atoms. The highest BCUT2D eigenvalue weighted by Crippen LogP contribution is 2.41. The number of carbonyl (C=O) groups is 1. The van der Waals surface area contributed by atoms with Gasteiger partial charge in [-0.1, -0.05) is 15.9 Å². The number of fused-ring (bicyclic) bond motifs is 1. The van der Waals surface area contributed by atoms with Crippen LogP contribution in [0.4, 0.5) is 0 Å². The fraction of sp³-hybridized carbons (Fsp3) is 0.364. The summed E-state index contributed by atoms with van der Waals surface area (Å²) in [5.41, 5.74) is 0.866. The standard InChI is InChI=1S/C11H11BrO5/c1-5-8(9(13)11(14)15)6(12)4-7-10(5)17-3-2-16-7/h4,9,13H,2-3H2,1H3,(H,14,15). The number of benzene rings is 1. The number of aliphatic carboxylic acids is 1. The average molecular weight is 303 g/mol. The van der Waals surface area contributed by atoms with Crippen LogP contribution in [0.5, 0.6) is 11.5 Å². The van der Waals surface area contributed by atoms with E-state index in [4.69, 9.17) is 14.6 Å². The van der Waals surface area contributed by atoms with E-state index in [9.17, 15) is 9.90 Å². The zero-order chi connectivity index (χ0) is 12.6. The van der Waals surface area contributed by atoms with E-state index in [2.05, 4.69) is 15.9 Å². The third-order valence-corrected chi connectivity index (χ3v) is 3.23. The van der Waals surface area contributed by atoms with Crippen LogP contribution in [0.1, 0.15) is 17.2 Å². The molecule has 1 aliphatic rings. The first-order valence-corrected chi connectivity index (χ1v) is 5.81. The first-order valence-electron chi connectivity index (χ1n) is 5.02. The van der Waals surface area contributed by atoms with E-state index in [0.29, 0.717) is 40.3 Å². The van der Waals surface area contributed by atoms with Crippen molar-refractivity contribution in [1.82, 2.24) is 0 Å². The minimum Gasteiger partial charge on any atom is -0.486 e. The molecule has 1 unspecified atom stereocenters. The topological polar surface area (TPSA) is 76.0 Å². The number of hydrogen-bond donors (Lipinski definition) is 2. The van der Waals surface area contributed by atoms with Gasteiger partial charge < -0.3 is 19.7 Å². The van der Waals surface area contributed by atoms with Crippen LogP contribution >= 0.6 is 15.9 Å². The molecule has 2 N–H and O–H groups in total. The molecule has 0 saturated carbocycles. The fourth-order valence-corrected chi connectivity index (χ4v) is 2.51. The molecule has 5 nitrogen and oxygen atoms in total. The Bertz CT molecular complexity index is 471. The summed E-state index contributed by atoms with van der Waals surface area (Å²) in [6, 6.07) is 1.61. The van der Waals surface area contributed by atoms with Gasteiger partial charge in [-0.05, 0) is 13.0 Å². The van der Waals surface area contributed by atoms with E-state index in [1.807, 2.05) is 0 Å². The molecule has 1 aromatic carbocycles. The van der Waals surface area contributed by atoms with E-state index in [1.54, 1.807) is 13.0 Å². The van der Waals surface area contributed by atoms with E-state index in [-0.39, 0.29) is 0 Å². The van der Waals surface area contributed by atoms with Gasteiger partial charge in [-0.15, -0.1) is 0 Å². The van der Waals surface area contributed by atoms with Gasteiger partial charge in [-0.2, -0.15) is 0 Å². The summed E-state index contributed by atoms with van der Waals surface area (Å²) in [6.07, 6.45) is -1.58. The minimum absolute atomic E-state index is 0.293. The Morgan fingerprint density at radius 1 is 1.47 bits per heavy atom. The lowest BCUT2D eigenvalue weighted by Gasteiger charge is -2.23. The monoisotopic (exact) mass is 302 g/mol. The molecule has 0 aliphatic carbocycles. The van der Waals surface area contributed by atoms with Crippen LogP contribution in [0.2, 0.25) is 0 Å². The van der Waals surface area contributed by atoms with Gasteiger partial charge in [-0.3, -0.25) is 0 Å². The molecular weight excluding hydrogens is 292 g/mol. The molecule has 2 rings (SSSR count). The Morgan fingerprint density at radius 3 is 2.76 bits per heavy atom. The highest BCUT2D eigenvalue weighted by atomic mass is 79.9. The van der Waals surface area contributed by atoms with Gasteiger partial charge in [0.05, 0.1) is 0 Å². The van der Waals surface area contributed by atoms with Crippen LogP contribution in [0.15, 0.2) is 10.5 Å². The van der Waals surface area contributed by atoms with Crippen molar-refractivity contribution in [1.29, 1.82) is 0 Å². The zero-order valence-corrected chi connectivity index (χ0v) is 10.7. The fourth-order valence-electron chi connectivity index (χ4n) is 1.79. The van der Waals surface area contributed by atoms with Crippen LogP contribution in [0, 0.1) is 6.92 Å². The van der Waals surface area contributed by atoms with Gasteiger partial charge in [0.15, 0.2) is 17.6 Å². The van der Waals surface area contributed by atoms with E-state index in [0.717, 1.165) is 0 Å². The molecule has 1 atom stereocenters. The van der Waals surface area contributed by atoms with Crippen molar-refractivity contribution in [3.8, 4) is 11.5 Å². The molecular formula is C11H11BrO5. The Hall–Kier alpha value is -1.27. The van der Waals surface area contributed by atoms with Crippen molar-refractivity contribution >= 4 is 21.9 Å². The van der Waals surface area contributed by atoms with Crippen LogP contribution in [0.25, 0.3) is 0 Å². The maximum Gasteiger partial charge on any atom is 0.337 e. The number of halogens is 1. The summed E-state index contributed by atoms with van der Waals surface area (Å²) in [5.74, 6) is -0.248. The van der Waals surface area contributed by atoms with Crippen molar-refractivity contribution in [2.24, 2.45) is 0 Å². The van der Waals surface area contributed by atoms with E-state index >= 15 is 0 Å². The number of carboxylic acids is 1. The molecule has 0 bridgehead atoms. The molecule has 6 heteroatoms. The Kier molecular flexibility index (Phi) is 3.26. The second-order valence-corrected chi connectivity index (χ2v) is 4.52. The lowest BCUT2D eigenvalue weighted by molar-refractivity contribution is -0.147. The second kappa shape index (κ2) is 4.54. The van der Waals surface area contributed by atoms with Crippen molar-refractivity contribution in [2.45, 2.75) is 13.0 Å². The number of rotatable bonds is 2. The molecule has 0 fully saturated rings. The summed E-state index contributed by atoms with van der Waals surface area (Å²) in [7, 11) is 0. The molecule has 0 radical (unpaired) electrons. The molecule has 1 aromatic rings. The highest BCUT2D eigenvalue weighted by molar-refractivity contribution is 9.10. The molecule has 0 amide bonds. The maximum absolute atomic E-state index is 10.8. The second-order valence-electron chi connectivity index (χ2n) is 3.66. The summed E-state index contributed by atoms with van der Waals surface area (Å²) < 4.78 is 11.3. The number of aliphatic hydroxyl groups is 1. The van der Waals surface area contributed by atoms with E-state index in [1.165, 1.54) is 0 Å². The first-order chi connectivity index (χ1) is 8.02. The van der Waals surface area contributed by atoms with Gasteiger partial charge in [0, 0.05) is 15.6 Å². The largest absolute Gasteiger partial charge is 0.486 e. The third kappa shape index (κ3) is 2.10.